The molecule has 3 N–H and O–H groups in total. The maximum Gasteiger partial charge on any atom is 0.145 e. The molecule has 104 valence electrons. The molecule has 0 aliphatic rings. The molecule has 0 amide bonds. The van der Waals surface area contributed by atoms with Crippen LogP contribution in [-0.2, 0) is 6.61 Å². The maximum absolute atomic E-state index is 12.7. The summed E-state index contributed by atoms with van der Waals surface area (Å²) in [6.07, 6.45) is 2.87. The van der Waals surface area contributed by atoms with Gasteiger partial charge in [-0.15, -0.1) is 0 Å². The summed E-state index contributed by atoms with van der Waals surface area (Å²) in [6, 6.07) is 5.70. The molecule has 0 atom stereocenters. The number of hydrogen-bond donors (Lipinski definition) is 3. The highest BCUT2D eigenvalue weighted by Crippen LogP contribution is 2.22. The SMILES string of the molecule is Cc1ncc(CO)c(/C=N\Nc2ccc(F)cc2)c1O. The molecule has 2 rings (SSSR count). The second-order valence-corrected chi connectivity index (χ2v) is 4.17. The second-order valence-electron chi connectivity index (χ2n) is 4.17. The van der Waals surface area contributed by atoms with Crippen molar-refractivity contribution in [2.24, 2.45) is 5.10 Å². The summed E-state index contributed by atoms with van der Waals surface area (Å²) in [4.78, 5) is 3.95. The first kappa shape index (κ1) is 14.0. The van der Waals surface area contributed by atoms with E-state index in [1.54, 1.807) is 6.92 Å². The standard InChI is InChI=1S/C14H14FN3O2/c1-9-14(20)13(10(8-19)6-16-9)7-17-18-12-4-2-11(15)3-5-12/h2-7,18-20H,8H2,1H3/b17-7-. The number of aryl methyl sites for hydroxylation is 1. The first-order valence-corrected chi connectivity index (χ1v) is 5.94. The lowest BCUT2D eigenvalue weighted by Crippen LogP contribution is -1.99. The minimum absolute atomic E-state index is 0.0267. The summed E-state index contributed by atoms with van der Waals surface area (Å²) in [5, 5.41) is 23.1. The van der Waals surface area contributed by atoms with E-state index in [1.165, 1.54) is 36.7 Å². The monoisotopic (exact) mass is 275 g/mol. The third-order valence-corrected chi connectivity index (χ3v) is 2.76. The zero-order valence-corrected chi connectivity index (χ0v) is 10.8. The van der Waals surface area contributed by atoms with Gasteiger partial charge < -0.3 is 10.2 Å². The summed E-state index contributed by atoms with van der Waals surface area (Å²) in [5.74, 6) is -0.356. The molecule has 0 radical (unpaired) electrons. The number of aromatic nitrogens is 1. The van der Waals surface area contributed by atoms with Crippen LogP contribution in [0.4, 0.5) is 10.1 Å². The Hall–Kier alpha value is -2.47. The van der Waals surface area contributed by atoms with Gasteiger partial charge in [-0.1, -0.05) is 0 Å². The van der Waals surface area contributed by atoms with Crippen molar-refractivity contribution in [1.82, 2.24) is 4.98 Å². The molecule has 0 unspecified atom stereocenters. The van der Waals surface area contributed by atoms with Crippen LogP contribution in [0.15, 0.2) is 35.6 Å². The molecule has 0 aliphatic carbocycles. The lowest BCUT2D eigenvalue weighted by molar-refractivity contribution is 0.280. The Kier molecular flexibility index (Phi) is 4.27. The third kappa shape index (κ3) is 3.10. The second kappa shape index (κ2) is 6.12. The van der Waals surface area contributed by atoms with Gasteiger partial charge in [-0.2, -0.15) is 5.10 Å². The molecule has 1 heterocycles. The number of aliphatic hydroxyl groups is 1. The highest BCUT2D eigenvalue weighted by molar-refractivity contribution is 5.86. The molecule has 0 fully saturated rings. The predicted octanol–water partition coefficient (Wildman–Crippen LogP) is 2.17. The van der Waals surface area contributed by atoms with E-state index in [9.17, 15) is 14.6 Å². The highest BCUT2D eigenvalue weighted by atomic mass is 19.1. The average Bonchev–Trinajstić information content (AvgIpc) is 2.46. The Morgan fingerprint density at radius 2 is 2.05 bits per heavy atom. The van der Waals surface area contributed by atoms with Gasteiger partial charge in [0, 0.05) is 17.3 Å². The van der Waals surface area contributed by atoms with Gasteiger partial charge in [-0.05, 0) is 31.2 Å². The van der Waals surface area contributed by atoms with Gasteiger partial charge in [0.2, 0.25) is 0 Å². The van der Waals surface area contributed by atoms with Gasteiger partial charge in [-0.3, -0.25) is 10.4 Å². The molecule has 1 aromatic carbocycles. The van der Waals surface area contributed by atoms with Crippen LogP contribution in [0.3, 0.4) is 0 Å². The number of aliphatic hydroxyl groups excluding tert-OH is 1. The van der Waals surface area contributed by atoms with E-state index in [0.29, 0.717) is 22.5 Å². The van der Waals surface area contributed by atoms with E-state index in [2.05, 4.69) is 15.5 Å². The summed E-state index contributed by atoms with van der Waals surface area (Å²) in [5.41, 5.74) is 4.64. The van der Waals surface area contributed by atoms with Crippen LogP contribution in [0.5, 0.6) is 5.75 Å². The number of nitrogens with one attached hydrogen (secondary N) is 1. The van der Waals surface area contributed by atoms with Crippen molar-refractivity contribution >= 4 is 11.9 Å². The van der Waals surface area contributed by atoms with Crippen LogP contribution in [0, 0.1) is 12.7 Å². The van der Waals surface area contributed by atoms with Crippen molar-refractivity contribution in [3.63, 3.8) is 0 Å². The van der Waals surface area contributed by atoms with Crippen molar-refractivity contribution in [3.8, 4) is 5.75 Å². The number of hydrogen-bond acceptors (Lipinski definition) is 5. The van der Waals surface area contributed by atoms with E-state index in [-0.39, 0.29) is 18.2 Å². The zero-order chi connectivity index (χ0) is 14.5. The van der Waals surface area contributed by atoms with Gasteiger partial charge in [0.15, 0.2) is 0 Å². The number of halogens is 1. The number of nitrogens with zero attached hydrogens (tertiary/aromatic N) is 2. The molecule has 5 nitrogen and oxygen atoms in total. The van der Waals surface area contributed by atoms with E-state index in [4.69, 9.17) is 0 Å². The maximum atomic E-state index is 12.7. The largest absolute Gasteiger partial charge is 0.505 e. The van der Waals surface area contributed by atoms with Crippen LogP contribution in [-0.4, -0.2) is 21.4 Å². The van der Waals surface area contributed by atoms with Gasteiger partial charge in [0.25, 0.3) is 0 Å². The molecule has 0 saturated carbocycles. The zero-order valence-electron chi connectivity index (χ0n) is 10.8. The van der Waals surface area contributed by atoms with Crippen molar-refractivity contribution in [2.75, 3.05) is 5.43 Å². The van der Waals surface area contributed by atoms with Gasteiger partial charge in [0.05, 0.1) is 24.2 Å². The third-order valence-electron chi connectivity index (χ3n) is 2.76. The van der Waals surface area contributed by atoms with Crippen molar-refractivity contribution < 1.29 is 14.6 Å². The fourth-order valence-corrected chi connectivity index (χ4v) is 1.62. The van der Waals surface area contributed by atoms with E-state index in [1.807, 2.05) is 0 Å². The predicted molar refractivity (Wildman–Crippen MR) is 74.2 cm³/mol. The molecular formula is C14H14FN3O2. The molecule has 1 aromatic heterocycles. The Balaban J connectivity index is 2.19. The first-order chi connectivity index (χ1) is 9.61. The van der Waals surface area contributed by atoms with Crippen molar-refractivity contribution in [1.29, 1.82) is 0 Å². The molecule has 0 saturated heterocycles. The van der Waals surface area contributed by atoms with E-state index < -0.39 is 0 Å². The minimum atomic E-state index is -0.329. The van der Waals surface area contributed by atoms with Crippen LogP contribution in [0.1, 0.15) is 16.8 Å². The van der Waals surface area contributed by atoms with Crippen LogP contribution in [0.25, 0.3) is 0 Å². The number of pyridine rings is 1. The van der Waals surface area contributed by atoms with Gasteiger partial charge in [-0.25, -0.2) is 4.39 Å². The Bertz CT molecular complexity index is 627. The lowest BCUT2D eigenvalue weighted by Gasteiger charge is -2.07. The number of anilines is 1. The van der Waals surface area contributed by atoms with Crippen LogP contribution < -0.4 is 5.43 Å². The summed E-state index contributed by atoms with van der Waals surface area (Å²) in [7, 11) is 0. The number of benzene rings is 1. The van der Waals surface area contributed by atoms with Gasteiger partial charge >= 0.3 is 0 Å². The molecule has 0 spiro atoms. The summed E-state index contributed by atoms with van der Waals surface area (Å²) >= 11 is 0. The topological polar surface area (TPSA) is 77.7 Å². The number of hydrazone groups is 1. The smallest absolute Gasteiger partial charge is 0.145 e. The summed E-state index contributed by atoms with van der Waals surface area (Å²) < 4.78 is 12.7. The molecule has 2 aromatic rings. The minimum Gasteiger partial charge on any atom is -0.505 e. The Labute approximate surface area is 115 Å². The van der Waals surface area contributed by atoms with E-state index in [0.717, 1.165) is 0 Å². The molecule has 0 aliphatic heterocycles. The average molecular weight is 275 g/mol. The number of aromatic hydroxyl groups is 1. The fraction of sp³-hybridized carbons (Fsp3) is 0.143. The molecule has 0 bridgehead atoms. The molecule has 6 heteroatoms. The lowest BCUT2D eigenvalue weighted by atomic mass is 10.1. The van der Waals surface area contributed by atoms with E-state index >= 15 is 0 Å². The van der Waals surface area contributed by atoms with Crippen molar-refractivity contribution in [3.05, 3.63) is 53.1 Å². The highest BCUT2D eigenvalue weighted by Gasteiger charge is 2.09. The Morgan fingerprint density at radius 1 is 1.35 bits per heavy atom. The van der Waals surface area contributed by atoms with Crippen LogP contribution in [0.2, 0.25) is 0 Å². The number of rotatable bonds is 4. The van der Waals surface area contributed by atoms with Crippen LogP contribution >= 0.6 is 0 Å². The summed E-state index contributed by atoms with van der Waals surface area (Å²) in [6.45, 7) is 1.40. The molecule has 20 heavy (non-hydrogen) atoms. The van der Waals surface area contributed by atoms with Gasteiger partial charge in [0.1, 0.15) is 11.6 Å². The molecular weight excluding hydrogens is 261 g/mol. The van der Waals surface area contributed by atoms with Crippen molar-refractivity contribution in [2.45, 2.75) is 13.5 Å². The first-order valence-electron chi connectivity index (χ1n) is 5.94. The Morgan fingerprint density at radius 3 is 2.70 bits per heavy atom. The normalized spacial score (nSPS) is 10.9. The quantitative estimate of drug-likeness (QED) is 0.590. The fourth-order valence-electron chi connectivity index (χ4n) is 1.62.